The molecule has 0 aliphatic carbocycles. The average molecular weight is 909 g/mol. The zero-order valence-corrected chi connectivity index (χ0v) is 43.0. The van der Waals surface area contributed by atoms with E-state index < -0.39 is 6.10 Å². The Labute approximate surface area is 402 Å². The molecule has 0 fully saturated rings. The van der Waals surface area contributed by atoms with Crippen LogP contribution in [-0.2, 0) is 28.6 Å². The standard InChI is InChI=1S/C59H104O6/c1-4-7-10-13-16-19-22-25-28-31-34-37-40-43-46-49-52-58(61)64-55-56(54-63-57(60)51-48-45-42-39-36-33-30-27-24-21-18-15-12-9-6-3)65-59(62)53-50-47-44-41-38-35-32-29-26-23-20-17-14-11-8-5-2/h18,21,24,27-29,31-32,34,37,56H,4-17,19-20,22-23,25-26,30,33,35-36,38-55H2,1-3H3/b21-18-,27-24-,31-28-,32-29-,37-34-. The van der Waals surface area contributed by atoms with Crippen molar-refractivity contribution in [2.75, 3.05) is 13.2 Å². The lowest BCUT2D eigenvalue weighted by Crippen LogP contribution is -2.30. The highest BCUT2D eigenvalue weighted by molar-refractivity contribution is 5.71. The monoisotopic (exact) mass is 909 g/mol. The summed E-state index contributed by atoms with van der Waals surface area (Å²) in [6.45, 7) is 6.58. The molecule has 6 nitrogen and oxygen atoms in total. The maximum atomic E-state index is 12.8. The lowest BCUT2D eigenvalue weighted by molar-refractivity contribution is -0.167. The lowest BCUT2D eigenvalue weighted by Gasteiger charge is -2.18. The van der Waals surface area contributed by atoms with Gasteiger partial charge in [0.2, 0.25) is 0 Å². The summed E-state index contributed by atoms with van der Waals surface area (Å²) in [5.41, 5.74) is 0. The molecule has 1 unspecified atom stereocenters. The van der Waals surface area contributed by atoms with E-state index in [-0.39, 0.29) is 31.1 Å². The third kappa shape index (κ3) is 51.9. The number of carbonyl (C=O) groups is 3. The van der Waals surface area contributed by atoms with Crippen molar-refractivity contribution in [1.29, 1.82) is 0 Å². The van der Waals surface area contributed by atoms with Crippen molar-refractivity contribution < 1.29 is 28.6 Å². The van der Waals surface area contributed by atoms with Crippen molar-refractivity contribution >= 4 is 17.9 Å². The van der Waals surface area contributed by atoms with E-state index in [1.54, 1.807) is 0 Å². The highest BCUT2D eigenvalue weighted by Gasteiger charge is 2.19. The summed E-state index contributed by atoms with van der Waals surface area (Å²) >= 11 is 0. The molecular formula is C59H104O6. The van der Waals surface area contributed by atoms with Gasteiger partial charge in [-0.05, 0) is 96.3 Å². The summed E-state index contributed by atoms with van der Waals surface area (Å²) < 4.78 is 16.8. The van der Waals surface area contributed by atoms with E-state index in [0.717, 1.165) is 89.9 Å². The zero-order chi connectivity index (χ0) is 47.2. The van der Waals surface area contributed by atoms with E-state index in [2.05, 4.69) is 81.5 Å². The van der Waals surface area contributed by atoms with Crippen molar-refractivity contribution in [2.24, 2.45) is 0 Å². The van der Waals surface area contributed by atoms with Crippen LogP contribution in [0.4, 0.5) is 0 Å². The number of hydrogen-bond acceptors (Lipinski definition) is 6. The highest BCUT2D eigenvalue weighted by atomic mass is 16.6. The number of hydrogen-bond donors (Lipinski definition) is 0. The summed E-state index contributed by atoms with van der Waals surface area (Å²) in [7, 11) is 0. The minimum absolute atomic E-state index is 0.0917. The first kappa shape index (κ1) is 62.1. The van der Waals surface area contributed by atoms with Crippen LogP contribution in [0.3, 0.4) is 0 Å². The number of carbonyl (C=O) groups excluding carboxylic acids is 3. The molecule has 0 saturated carbocycles. The number of ether oxygens (including phenoxy) is 3. The molecule has 0 rings (SSSR count). The summed E-state index contributed by atoms with van der Waals surface area (Å²) in [5.74, 6) is -0.930. The van der Waals surface area contributed by atoms with Gasteiger partial charge in [0.15, 0.2) is 6.10 Å². The highest BCUT2D eigenvalue weighted by Crippen LogP contribution is 2.14. The summed E-state index contributed by atoms with van der Waals surface area (Å²) in [6, 6.07) is 0. The van der Waals surface area contributed by atoms with Crippen LogP contribution in [0, 0.1) is 0 Å². The van der Waals surface area contributed by atoms with Gasteiger partial charge in [-0.3, -0.25) is 14.4 Å². The van der Waals surface area contributed by atoms with Crippen molar-refractivity contribution in [1.82, 2.24) is 0 Å². The maximum Gasteiger partial charge on any atom is 0.306 e. The second kappa shape index (κ2) is 53.7. The Kier molecular flexibility index (Phi) is 51.3. The normalized spacial score (nSPS) is 12.5. The first-order chi connectivity index (χ1) is 32.0. The van der Waals surface area contributed by atoms with Gasteiger partial charge >= 0.3 is 17.9 Å². The van der Waals surface area contributed by atoms with Gasteiger partial charge in [-0.15, -0.1) is 0 Å². The Morgan fingerprint density at radius 1 is 0.308 bits per heavy atom. The van der Waals surface area contributed by atoms with Crippen LogP contribution in [-0.4, -0.2) is 37.2 Å². The average Bonchev–Trinajstić information content (AvgIpc) is 3.30. The molecule has 1 atom stereocenters. The van der Waals surface area contributed by atoms with Gasteiger partial charge in [-0.1, -0.05) is 223 Å². The van der Waals surface area contributed by atoms with E-state index in [9.17, 15) is 14.4 Å². The molecule has 0 aromatic rings. The number of allylic oxidation sites excluding steroid dienone is 10. The second-order valence-corrected chi connectivity index (χ2v) is 18.5. The predicted molar refractivity (Wildman–Crippen MR) is 279 cm³/mol. The molecule has 0 aromatic heterocycles. The topological polar surface area (TPSA) is 78.9 Å². The van der Waals surface area contributed by atoms with Crippen LogP contribution >= 0.6 is 0 Å². The summed E-state index contributed by atoms with van der Waals surface area (Å²) in [5, 5.41) is 0. The van der Waals surface area contributed by atoms with Crippen molar-refractivity contribution in [2.45, 2.75) is 284 Å². The van der Waals surface area contributed by atoms with Gasteiger partial charge in [-0.25, -0.2) is 0 Å². The van der Waals surface area contributed by atoms with Gasteiger partial charge in [0, 0.05) is 19.3 Å². The fourth-order valence-electron chi connectivity index (χ4n) is 7.77. The molecule has 0 bridgehead atoms. The van der Waals surface area contributed by atoms with Crippen LogP contribution in [0.5, 0.6) is 0 Å². The van der Waals surface area contributed by atoms with Crippen LogP contribution in [0.2, 0.25) is 0 Å². The van der Waals surface area contributed by atoms with E-state index >= 15 is 0 Å². The van der Waals surface area contributed by atoms with Gasteiger partial charge < -0.3 is 14.2 Å². The minimum Gasteiger partial charge on any atom is -0.462 e. The third-order valence-electron chi connectivity index (χ3n) is 12.0. The molecule has 0 aliphatic rings. The van der Waals surface area contributed by atoms with Crippen molar-refractivity contribution in [3.8, 4) is 0 Å². The van der Waals surface area contributed by atoms with Crippen LogP contribution in [0.25, 0.3) is 0 Å². The molecule has 0 aromatic carbocycles. The second-order valence-electron chi connectivity index (χ2n) is 18.5. The fourth-order valence-corrected chi connectivity index (χ4v) is 7.77. The molecule has 0 amide bonds. The van der Waals surface area contributed by atoms with E-state index in [4.69, 9.17) is 14.2 Å². The SMILES string of the molecule is CCCCC/C=C\C=C/CCCCCCCCC(=O)OCC(COC(=O)CCCCC/C=C\C=C/CCCCCCCCC)OC(=O)CCCCCCC/C=C\CCCCCCCCC. The first-order valence-corrected chi connectivity index (χ1v) is 27.8. The molecule has 0 saturated heterocycles. The number of esters is 3. The minimum atomic E-state index is -0.794. The van der Waals surface area contributed by atoms with E-state index in [0.29, 0.717) is 19.3 Å². The Morgan fingerprint density at radius 3 is 0.908 bits per heavy atom. The lowest BCUT2D eigenvalue weighted by atomic mass is 10.1. The Morgan fingerprint density at radius 2 is 0.554 bits per heavy atom. The van der Waals surface area contributed by atoms with Crippen LogP contribution in [0.15, 0.2) is 60.8 Å². The molecule has 0 aliphatic heterocycles. The summed E-state index contributed by atoms with van der Waals surface area (Å²) in [4.78, 5) is 38.1. The van der Waals surface area contributed by atoms with Crippen LogP contribution < -0.4 is 0 Å². The Bertz CT molecular complexity index is 1180. The molecule has 0 N–H and O–H groups in total. The molecule has 376 valence electrons. The molecule has 65 heavy (non-hydrogen) atoms. The third-order valence-corrected chi connectivity index (χ3v) is 12.0. The van der Waals surface area contributed by atoms with Crippen molar-refractivity contribution in [3.05, 3.63) is 60.8 Å². The van der Waals surface area contributed by atoms with Gasteiger partial charge in [-0.2, -0.15) is 0 Å². The molecule has 0 radical (unpaired) electrons. The van der Waals surface area contributed by atoms with Crippen molar-refractivity contribution in [3.63, 3.8) is 0 Å². The van der Waals surface area contributed by atoms with E-state index in [1.165, 1.54) is 148 Å². The number of rotatable bonds is 50. The van der Waals surface area contributed by atoms with Gasteiger partial charge in [0.1, 0.15) is 13.2 Å². The molecular weight excluding hydrogens is 805 g/mol. The first-order valence-electron chi connectivity index (χ1n) is 27.8. The zero-order valence-electron chi connectivity index (χ0n) is 43.0. The van der Waals surface area contributed by atoms with E-state index in [1.807, 2.05) is 0 Å². The Balaban J connectivity index is 4.45. The quantitative estimate of drug-likeness (QED) is 0.0199. The predicted octanol–water partition coefficient (Wildman–Crippen LogP) is 18.4. The Hall–Kier alpha value is -2.89. The molecule has 0 heterocycles. The van der Waals surface area contributed by atoms with Gasteiger partial charge in [0.05, 0.1) is 0 Å². The molecule has 0 spiro atoms. The maximum absolute atomic E-state index is 12.8. The largest absolute Gasteiger partial charge is 0.462 e. The van der Waals surface area contributed by atoms with Crippen LogP contribution in [0.1, 0.15) is 278 Å². The molecule has 6 heteroatoms. The number of unbranched alkanes of at least 4 members (excludes halogenated alkanes) is 31. The summed E-state index contributed by atoms with van der Waals surface area (Å²) in [6.07, 6.45) is 66.3. The fraction of sp³-hybridized carbons (Fsp3) is 0.780. The van der Waals surface area contributed by atoms with Gasteiger partial charge in [0.25, 0.3) is 0 Å². The smallest absolute Gasteiger partial charge is 0.306 e.